The number of hydrogen-bond acceptors (Lipinski definition) is 4. The van der Waals surface area contributed by atoms with Crippen molar-refractivity contribution in [1.82, 2.24) is 14.8 Å². The predicted octanol–water partition coefficient (Wildman–Crippen LogP) is 3.47. The lowest BCUT2D eigenvalue weighted by atomic mass is 9.82. The van der Waals surface area contributed by atoms with Crippen molar-refractivity contribution in [2.45, 2.75) is 69.0 Å². The summed E-state index contributed by atoms with van der Waals surface area (Å²) >= 11 is 1.32. The highest BCUT2D eigenvalue weighted by Crippen LogP contribution is 2.45. The number of rotatable bonds is 6. The summed E-state index contributed by atoms with van der Waals surface area (Å²) < 4.78 is 2.30. The van der Waals surface area contributed by atoms with Crippen molar-refractivity contribution >= 4 is 17.7 Å². The highest BCUT2D eigenvalue weighted by molar-refractivity contribution is 7.99. The maximum atomic E-state index is 10.9. The Morgan fingerprint density at radius 1 is 1.29 bits per heavy atom. The first-order chi connectivity index (χ1) is 10.2. The van der Waals surface area contributed by atoms with Gasteiger partial charge in [-0.05, 0) is 31.6 Å². The van der Waals surface area contributed by atoms with Crippen LogP contribution in [0, 0.1) is 5.92 Å². The molecule has 2 saturated carbocycles. The molecule has 2 atom stereocenters. The molecule has 0 spiro atoms. The minimum atomic E-state index is -0.793. The van der Waals surface area contributed by atoms with Gasteiger partial charge in [-0.25, -0.2) is 0 Å². The van der Waals surface area contributed by atoms with Gasteiger partial charge in [0.15, 0.2) is 5.16 Å². The van der Waals surface area contributed by atoms with E-state index in [-0.39, 0.29) is 5.75 Å². The molecule has 116 valence electrons. The van der Waals surface area contributed by atoms with E-state index in [1.165, 1.54) is 56.7 Å². The molecule has 21 heavy (non-hydrogen) atoms. The van der Waals surface area contributed by atoms with Gasteiger partial charge in [0.25, 0.3) is 0 Å². The Labute approximate surface area is 129 Å². The van der Waals surface area contributed by atoms with Crippen molar-refractivity contribution in [3.63, 3.8) is 0 Å². The van der Waals surface area contributed by atoms with Crippen LogP contribution in [0.4, 0.5) is 0 Å². The maximum absolute atomic E-state index is 10.9. The average Bonchev–Trinajstić information content (AvgIpc) is 3.25. The molecule has 0 radical (unpaired) electrons. The molecule has 1 N–H and O–H groups in total. The summed E-state index contributed by atoms with van der Waals surface area (Å²) in [7, 11) is 0. The van der Waals surface area contributed by atoms with Gasteiger partial charge in [0.1, 0.15) is 5.82 Å². The summed E-state index contributed by atoms with van der Waals surface area (Å²) in [6.45, 7) is 2.26. The van der Waals surface area contributed by atoms with E-state index in [9.17, 15) is 4.79 Å². The quantitative estimate of drug-likeness (QED) is 0.815. The monoisotopic (exact) mass is 309 g/mol. The Morgan fingerprint density at radius 3 is 2.71 bits per heavy atom. The second kappa shape index (κ2) is 6.38. The van der Waals surface area contributed by atoms with Crippen LogP contribution in [0.15, 0.2) is 5.16 Å². The lowest BCUT2D eigenvalue weighted by Gasteiger charge is -2.33. The van der Waals surface area contributed by atoms with Gasteiger partial charge < -0.3 is 9.67 Å². The van der Waals surface area contributed by atoms with E-state index in [1.807, 2.05) is 0 Å². The first kappa shape index (κ1) is 14.9. The lowest BCUT2D eigenvalue weighted by molar-refractivity contribution is -0.133. The smallest absolute Gasteiger partial charge is 0.313 e. The van der Waals surface area contributed by atoms with E-state index in [2.05, 4.69) is 21.7 Å². The van der Waals surface area contributed by atoms with E-state index in [0.29, 0.717) is 17.9 Å². The zero-order valence-electron chi connectivity index (χ0n) is 12.5. The number of aromatic nitrogens is 3. The Morgan fingerprint density at radius 2 is 2.05 bits per heavy atom. The van der Waals surface area contributed by atoms with Gasteiger partial charge >= 0.3 is 5.97 Å². The third-order valence-electron chi connectivity index (χ3n) is 4.68. The Balaban J connectivity index is 1.89. The van der Waals surface area contributed by atoms with Crippen LogP contribution >= 0.6 is 11.8 Å². The van der Waals surface area contributed by atoms with Crippen LogP contribution in [0.1, 0.15) is 69.7 Å². The summed E-state index contributed by atoms with van der Waals surface area (Å²) in [5.74, 6) is 1.60. The molecule has 0 bridgehead atoms. The van der Waals surface area contributed by atoms with Gasteiger partial charge in [-0.1, -0.05) is 37.9 Å². The molecule has 5 nitrogen and oxygen atoms in total. The van der Waals surface area contributed by atoms with Crippen molar-refractivity contribution in [2.75, 3.05) is 5.75 Å². The van der Waals surface area contributed by atoms with E-state index >= 15 is 0 Å². The summed E-state index contributed by atoms with van der Waals surface area (Å²) in [5.41, 5.74) is 0. The van der Waals surface area contributed by atoms with Crippen LogP contribution in [-0.2, 0) is 4.79 Å². The molecule has 1 aromatic rings. The highest BCUT2D eigenvalue weighted by atomic mass is 32.2. The van der Waals surface area contributed by atoms with Crippen LogP contribution in [-0.4, -0.2) is 31.6 Å². The molecular formula is C15H23N3O2S. The minimum absolute atomic E-state index is 0.0618. The Hall–Kier alpha value is -1.04. The average molecular weight is 309 g/mol. The number of carboxylic acid groups (broad SMARTS) is 1. The molecule has 2 aliphatic rings. The molecule has 0 amide bonds. The van der Waals surface area contributed by atoms with Gasteiger partial charge in [0, 0.05) is 12.0 Å². The van der Waals surface area contributed by atoms with Crippen LogP contribution in [0.3, 0.4) is 0 Å². The summed E-state index contributed by atoms with van der Waals surface area (Å²) in [6.07, 6.45) is 8.59. The minimum Gasteiger partial charge on any atom is -0.481 e. The van der Waals surface area contributed by atoms with Crippen LogP contribution in [0.2, 0.25) is 0 Å². The van der Waals surface area contributed by atoms with Gasteiger partial charge in [-0.3, -0.25) is 4.79 Å². The van der Waals surface area contributed by atoms with Gasteiger partial charge in [0.2, 0.25) is 0 Å². The third-order valence-corrected chi connectivity index (χ3v) is 5.61. The fourth-order valence-corrected chi connectivity index (χ4v) is 4.17. The molecule has 0 saturated heterocycles. The molecule has 3 rings (SSSR count). The zero-order chi connectivity index (χ0) is 14.8. The van der Waals surface area contributed by atoms with Gasteiger partial charge in [-0.2, -0.15) is 0 Å². The second-order valence-corrected chi connectivity index (χ2v) is 7.13. The van der Waals surface area contributed by atoms with Gasteiger partial charge in [-0.15, -0.1) is 10.2 Å². The summed E-state index contributed by atoms with van der Waals surface area (Å²) in [5, 5.41) is 18.4. The topological polar surface area (TPSA) is 68.0 Å². The molecular weight excluding hydrogens is 286 g/mol. The molecule has 0 aliphatic heterocycles. The number of carboxylic acids is 1. The lowest BCUT2D eigenvalue weighted by Crippen LogP contribution is -2.25. The van der Waals surface area contributed by atoms with E-state index < -0.39 is 5.97 Å². The third kappa shape index (κ3) is 3.25. The molecule has 2 unspecified atom stereocenters. The summed E-state index contributed by atoms with van der Waals surface area (Å²) in [4.78, 5) is 10.9. The highest BCUT2D eigenvalue weighted by Gasteiger charge is 2.35. The number of thioether (sulfide) groups is 1. The fraction of sp³-hybridized carbons (Fsp3) is 0.800. The van der Waals surface area contributed by atoms with Crippen molar-refractivity contribution in [3.8, 4) is 0 Å². The number of hydrogen-bond donors (Lipinski definition) is 1. The van der Waals surface area contributed by atoms with Crippen molar-refractivity contribution in [2.24, 2.45) is 5.92 Å². The maximum Gasteiger partial charge on any atom is 0.313 e. The molecule has 1 heterocycles. The van der Waals surface area contributed by atoms with Crippen LogP contribution in [0.25, 0.3) is 0 Å². The second-order valence-electron chi connectivity index (χ2n) is 6.19. The summed E-state index contributed by atoms with van der Waals surface area (Å²) in [6, 6.07) is 0.464. The van der Waals surface area contributed by atoms with Crippen molar-refractivity contribution in [3.05, 3.63) is 5.82 Å². The standard InChI is InChI=1S/C15H23N3O2S/c1-2-10-5-3-4-6-12(10)18-14(11-7-8-11)16-17-15(18)21-9-13(19)20/h10-12H,2-9H2,1H3,(H,19,20). The first-order valence-corrected chi connectivity index (χ1v) is 8.98. The molecule has 1 aromatic heterocycles. The van der Waals surface area contributed by atoms with E-state index in [0.717, 1.165) is 11.0 Å². The fourth-order valence-electron chi connectivity index (χ4n) is 3.45. The van der Waals surface area contributed by atoms with E-state index in [1.54, 1.807) is 0 Å². The molecule has 2 aliphatic carbocycles. The Kier molecular flexibility index (Phi) is 4.52. The van der Waals surface area contributed by atoms with Crippen molar-refractivity contribution in [1.29, 1.82) is 0 Å². The van der Waals surface area contributed by atoms with E-state index in [4.69, 9.17) is 5.11 Å². The number of aliphatic carboxylic acids is 1. The number of carbonyl (C=O) groups is 1. The normalized spacial score (nSPS) is 26.0. The number of nitrogens with zero attached hydrogens (tertiary/aromatic N) is 3. The predicted molar refractivity (Wildman–Crippen MR) is 81.6 cm³/mol. The molecule has 0 aromatic carbocycles. The molecule has 2 fully saturated rings. The van der Waals surface area contributed by atoms with Crippen LogP contribution < -0.4 is 0 Å². The first-order valence-electron chi connectivity index (χ1n) is 8.00. The largest absolute Gasteiger partial charge is 0.481 e. The van der Waals surface area contributed by atoms with Crippen LogP contribution in [0.5, 0.6) is 0 Å². The van der Waals surface area contributed by atoms with Gasteiger partial charge in [0.05, 0.1) is 5.75 Å². The van der Waals surface area contributed by atoms with Crippen molar-refractivity contribution < 1.29 is 9.90 Å². The zero-order valence-corrected chi connectivity index (χ0v) is 13.3. The molecule has 6 heteroatoms. The SMILES string of the molecule is CCC1CCCCC1n1c(SCC(=O)O)nnc1C1CC1. The Bertz CT molecular complexity index is 513.